The van der Waals surface area contributed by atoms with Crippen LogP contribution in [0.4, 0.5) is 18.9 Å². The zero-order valence-electron chi connectivity index (χ0n) is 21.9. The summed E-state index contributed by atoms with van der Waals surface area (Å²) < 4.78 is 41.5. The van der Waals surface area contributed by atoms with Gasteiger partial charge in [0, 0.05) is 27.2 Å². The number of hydrogen-bond acceptors (Lipinski definition) is 4. The summed E-state index contributed by atoms with van der Waals surface area (Å²) in [6.45, 7) is 9.46. The second-order valence-corrected chi connectivity index (χ2v) is 9.99. The van der Waals surface area contributed by atoms with Gasteiger partial charge in [-0.2, -0.15) is 13.2 Å². The Kier molecular flexibility index (Phi) is 17.3. The maximum Gasteiger partial charge on any atom is 0.433 e. The molecule has 1 aromatic rings. The first kappa shape index (κ1) is 34.4. The molecule has 0 unspecified atom stereocenters. The van der Waals surface area contributed by atoms with E-state index < -0.39 is 11.9 Å². The van der Waals surface area contributed by atoms with Crippen LogP contribution in [0.2, 0.25) is 0 Å². The summed E-state index contributed by atoms with van der Waals surface area (Å²) >= 11 is 6.57. The minimum absolute atomic E-state index is 0.145. The number of nitrogens with two attached hydrogens (primary N) is 2. The number of rotatable bonds is 5. The summed E-state index contributed by atoms with van der Waals surface area (Å²) in [5.74, 6) is 5.36. The summed E-state index contributed by atoms with van der Waals surface area (Å²) in [5, 5.41) is 0. The molecule has 202 valence electrons. The van der Waals surface area contributed by atoms with Gasteiger partial charge in [-0.05, 0) is 107 Å². The molecular formula is C28H35Br2F3N4. The zero-order chi connectivity index (χ0) is 28.4. The molecule has 0 atom stereocenters. The summed E-state index contributed by atoms with van der Waals surface area (Å²) in [5.41, 5.74) is 12.7. The summed E-state index contributed by atoms with van der Waals surface area (Å²) in [4.78, 5) is 8.06. The number of benzene rings is 1. The maximum absolute atomic E-state index is 13.2. The highest BCUT2D eigenvalue weighted by Gasteiger charge is 2.39. The van der Waals surface area contributed by atoms with Crippen molar-refractivity contribution in [2.45, 2.75) is 66.5 Å². The Hall–Kier alpha value is -2.57. The lowest BCUT2D eigenvalue weighted by Crippen LogP contribution is -2.28. The van der Waals surface area contributed by atoms with Crippen LogP contribution in [0.15, 0.2) is 84.6 Å². The van der Waals surface area contributed by atoms with Crippen molar-refractivity contribution >= 4 is 49.0 Å². The first-order valence-electron chi connectivity index (χ1n) is 11.5. The predicted octanol–water partition coefficient (Wildman–Crippen LogP) is 9.02. The molecule has 0 amide bonds. The Morgan fingerprint density at radius 3 is 2.03 bits per heavy atom. The molecule has 0 saturated carbocycles. The summed E-state index contributed by atoms with van der Waals surface area (Å²) in [6.07, 6.45) is 5.04. The van der Waals surface area contributed by atoms with Gasteiger partial charge in [-0.25, -0.2) is 4.99 Å². The molecule has 0 aromatic heterocycles. The molecule has 1 aromatic carbocycles. The second kappa shape index (κ2) is 18.6. The van der Waals surface area contributed by atoms with Gasteiger partial charge in [0.05, 0.1) is 5.69 Å². The van der Waals surface area contributed by atoms with E-state index in [9.17, 15) is 13.2 Å². The second-order valence-electron chi connectivity index (χ2n) is 7.82. The average Bonchev–Trinajstić information content (AvgIpc) is 2.83. The molecule has 0 radical (unpaired) electrons. The lowest BCUT2D eigenvalue weighted by molar-refractivity contribution is -0.0584. The molecule has 1 aliphatic rings. The van der Waals surface area contributed by atoms with Crippen molar-refractivity contribution in [1.82, 2.24) is 0 Å². The van der Waals surface area contributed by atoms with Gasteiger partial charge in [-0.3, -0.25) is 4.99 Å². The zero-order valence-corrected chi connectivity index (χ0v) is 25.1. The predicted molar refractivity (Wildman–Crippen MR) is 159 cm³/mol. The highest BCUT2D eigenvalue weighted by molar-refractivity contribution is 9.11. The van der Waals surface area contributed by atoms with Crippen LogP contribution in [0.1, 0.15) is 60.3 Å². The Balaban J connectivity index is 0.000000657. The number of halogens is 5. The number of hydrogen-bond donors (Lipinski definition) is 2. The van der Waals surface area contributed by atoms with Crippen molar-refractivity contribution in [3.05, 3.63) is 74.6 Å². The van der Waals surface area contributed by atoms with Gasteiger partial charge >= 0.3 is 6.18 Å². The van der Waals surface area contributed by atoms with Crippen molar-refractivity contribution in [2.75, 3.05) is 0 Å². The smallest absolute Gasteiger partial charge is 0.405 e. The topological polar surface area (TPSA) is 76.8 Å². The van der Waals surface area contributed by atoms with E-state index in [1.165, 1.54) is 18.3 Å². The standard InChI is InChI=1S/C14H14BrF3N2.C10H15BrN2.C4H6/c15-9-5-7-10(8-6-9)20-13(14(16,17)18)11-3-1-2-4-12(11)19;1-8(11)4-5-9(2)13-10(3)6-7-12;1-3-4-2/h5-8H,1-4,19H2;4-7H,12H2,1-3H3;1-2H3/b;7-6-,8-4+,9-5+,13-10-;. The lowest BCUT2D eigenvalue weighted by Gasteiger charge is -2.20. The first-order chi connectivity index (χ1) is 17.3. The van der Waals surface area contributed by atoms with Gasteiger partial charge in [0.2, 0.25) is 0 Å². The van der Waals surface area contributed by atoms with Gasteiger partial charge in [0.25, 0.3) is 0 Å². The highest BCUT2D eigenvalue weighted by Crippen LogP contribution is 2.32. The van der Waals surface area contributed by atoms with Gasteiger partial charge in [0.15, 0.2) is 0 Å². The number of allylic oxidation sites excluding steroid dienone is 7. The van der Waals surface area contributed by atoms with E-state index in [0.29, 0.717) is 25.0 Å². The lowest BCUT2D eigenvalue weighted by atomic mass is 9.93. The minimum Gasteiger partial charge on any atom is -0.405 e. The van der Waals surface area contributed by atoms with Gasteiger partial charge < -0.3 is 11.5 Å². The molecule has 4 N–H and O–H groups in total. The average molecular weight is 644 g/mol. The molecule has 0 aliphatic heterocycles. The monoisotopic (exact) mass is 642 g/mol. The quantitative estimate of drug-likeness (QED) is 0.191. The van der Waals surface area contributed by atoms with Crippen LogP contribution in [0, 0.1) is 11.8 Å². The van der Waals surface area contributed by atoms with E-state index in [0.717, 1.165) is 26.8 Å². The van der Waals surface area contributed by atoms with Crippen LogP contribution in [0.5, 0.6) is 0 Å². The van der Waals surface area contributed by atoms with E-state index in [1.54, 1.807) is 18.2 Å². The van der Waals surface area contributed by atoms with Gasteiger partial charge in [-0.1, -0.05) is 37.9 Å². The molecule has 0 fully saturated rings. The van der Waals surface area contributed by atoms with Crippen LogP contribution in [0.25, 0.3) is 0 Å². The Labute approximate surface area is 235 Å². The van der Waals surface area contributed by atoms with Crippen molar-refractivity contribution in [2.24, 2.45) is 21.5 Å². The number of nitrogens with zero attached hydrogens (tertiary/aromatic N) is 2. The van der Waals surface area contributed by atoms with E-state index in [-0.39, 0.29) is 11.3 Å². The van der Waals surface area contributed by atoms with Crippen LogP contribution in [-0.4, -0.2) is 17.6 Å². The van der Waals surface area contributed by atoms with E-state index in [4.69, 9.17) is 11.5 Å². The van der Waals surface area contributed by atoms with E-state index in [2.05, 4.69) is 53.7 Å². The fourth-order valence-electron chi connectivity index (χ4n) is 2.87. The van der Waals surface area contributed by atoms with E-state index in [1.807, 2.05) is 46.8 Å². The third-order valence-electron chi connectivity index (χ3n) is 4.63. The van der Waals surface area contributed by atoms with Crippen LogP contribution in [-0.2, 0) is 0 Å². The molecule has 37 heavy (non-hydrogen) atoms. The largest absolute Gasteiger partial charge is 0.433 e. The number of aliphatic imine (C=N–C) groups is 2. The number of alkyl halides is 3. The Morgan fingerprint density at radius 2 is 1.57 bits per heavy atom. The molecule has 9 heteroatoms. The Morgan fingerprint density at radius 1 is 1.00 bits per heavy atom. The fraction of sp³-hybridized carbons (Fsp3) is 0.357. The summed E-state index contributed by atoms with van der Waals surface area (Å²) in [7, 11) is 0. The molecule has 0 bridgehead atoms. The summed E-state index contributed by atoms with van der Waals surface area (Å²) in [6, 6.07) is 6.39. The van der Waals surface area contributed by atoms with Crippen molar-refractivity contribution in [3.63, 3.8) is 0 Å². The van der Waals surface area contributed by atoms with E-state index >= 15 is 0 Å². The molecule has 4 nitrogen and oxygen atoms in total. The minimum atomic E-state index is -4.50. The Bertz CT molecular complexity index is 1090. The molecule has 0 saturated heterocycles. The SMILES string of the molecule is CC#CC.CC(/C=C\N)=N/C(C)=C/C=C(\C)Br.NC1=C(C(=Nc2ccc(Br)cc2)C(F)(F)F)CCCC1. The highest BCUT2D eigenvalue weighted by atomic mass is 79.9. The van der Waals surface area contributed by atoms with Crippen LogP contribution < -0.4 is 11.5 Å². The molecule has 0 spiro atoms. The van der Waals surface area contributed by atoms with Crippen molar-refractivity contribution in [1.29, 1.82) is 0 Å². The van der Waals surface area contributed by atoms with Crippen molar-refractivity contribution < 1.29 is 13.2 Å². The molecule has 2 rings (SSSR count). The molecule has 1 aliphatic carbocycles. The fourth-order valence-corrected chi connectivity index (χ4v) is 3.27. The maximum atomic E-state index is 13.2. The van der Waals surface area contributed by atoms with Crippen LogP contribution >= 0.6 is 31.9 Å². The molecular weight excluding hydrogens is 609 g/mol. The van der Waals surface area contributed by atoms with Crippen molar-refractivity contribution in [3.8, 4) is 11.8 Å². The third kappa shape index (κ3) is 16.0. The van der Waals surface area contributed by atoms with Gasteiger partial charge in [0.1, 0.15) is 5.71 Å². The van der Waals surface area contributed by atoms with Crippen LogP contribution in [0.3, 0.4) is 0 Å². The normalized spacial score (nSPS) is 15.3. The van der Waals surface area contributed by atoms with Gasteiger partial charge in [-0.15, -0.1) is 11.8 Å². The first-order valence-corrected chi connectivity index (χ1v) is 13.1. The third-order valence-corrected chi connectivity index (χ3v) is 5.42. The molecule has 0 heterocycles.